The molecule has 1 aliphatic heterocycles. The summed E-state index contributed by atoms with van der Waals surface area (Å²) in [5.41, 5.74) is 2.25. The molecule has 1 aromatic rings. The number of anilines is 1. The Labute approximate surface area is 149 Å². The largest absolute Gasteiger partial charge is 0.480 e. The van der Waals surface area contributed by atoms with Crippen LogP contribution in [0.3, 0.4) is 0 Å². The van der Waals surface area contributed by atoms with Crippen LogP contribution in [0.15, 0.2) is 18.2 Å². The van der Waals surface area contributed by atoms with Gasteiger partial charge in [-0.3, -0.25) is 14.4 Å². The monoisotopic (exact) mass is 364 g/mol. The van der Waals surface area contributed by atoms with Crippen LogP contribution in [-0.4, -0.2) is 45.8 Å². The third-order valence-electron chi connectivity index (χ3n) is 3.91. The fraction of sp³-hybridized carbons (Fsp3) is 0.412. The van der Waals surface area contributed by atoms with Crippen molar-refractivity contribution in [2.75, 3.05) is 10.7 Å². The van der Waals surface area contributed by atoms with Crippen molar-refractivity contribution in [1.82, 2.24) is 5.32 Å². The van der Waals surface area contributed by atoms with Gasteiger partial charge < -0.3 is 10.4 Å². The number of aryl methyl sites for hydroxylation is 2. The third kappa shape index (κ3) is 4.19. The summed E-state index contributed by atoms with van der Waals surface area (Å²) in [5.74, 6) is -2.27. The van der Waals surface area contributed by atoms with Gasteiger partial charge in [-0.25, -0.2) is 9.69 Å². The number of hydrogen-bond donors (Lipinski definition) is 2. The number of carbonyl (C=O) groups excluding carboxylic acids is 3. The van der Waals surface area contributed by atoms with E-state index in [0.717, 1.165) is 22.9 Å². The first-order valence-corrected chi connectivity index (χ1v) is 8.81. The van der Waals surface area contributed by atoms with E-state index in [0.29, 0.717) is 5.69 Å². The minimum absolute atomic E-state index is 0.0131. The van der Waals surface area contributed by atoms with Gasteiger partial charge in [-0.05, 0) is 25.0 Å². The van der Waals surface area contributed by atoms with E-state index in [1.54, 1.807) is 0 Å². The molecule has 1 heterocycles. The molecule has 1 aromatic carbocycles. The molecule has 1 fully saturated rings. The van der Waals surface area contributed by atoms with E-state index in [1.807, 2.05) is 32.0 Å². The van der Waals surface area contributed by atoms with Crippen molar-refractivity contribution in [3.8, 4) is 0 Å². The highest BCUT2D eigenvalue weighted by Crippen LogP contribution is 2.33. The van der Waals surface area contributed by atoms with Crippen molar-refractivity contribution >= 4 is 41.1 Å². The summed E-state index contributed by atoms with van der Waals surface area (Å²) in [4.78, 5) is 48.5. The molecule has 2 atom stereocenters. The Balaban J connectivity index is 2.13. The zero-order valence-electron chi connectivity index (χ0n) is 14.2. The van der Waals surface area contributed by atoms with Crippen LogP contribution in [0.25, 0.3) is 0 Å². The number of nitrogens with one attached hydrogen (secondary N) is 1. The van der Waals surface area contributed by atoms with E-state index >= 15 is 0 Å². The molecule has 0 saturated carbocycles. The van der Waals surface area contributed by atoms with Crippen LogP contribution in [0.1, 0.15) is 24.5 Å². The molecule has 0 aromatic heterocycles. The van der Waals surface area contributed by atoms with E-state index in [1.165, 1.54) is 11.8 Å². The highest BCUT2D eigenvalue weighted by molar-refractivity contribution is 8.00. The highest BCUT2D eigenvalue weighted by atomic mass is 32.2. The van der Waals surface area contributed by atoms with E-state index < -0.39 is 23.2 Å². The maximum absolute atomic E-state index is 12.7. The molecule has 1 saturated heterocycles. The van der Waals surface area contributed by atoms with Gasteiger partial charge in [-0.2, -0.15) is 0 Å². The van der Waals surface area contributed by atoms with Crippen LogP contribution >= 0.6 is 11.8 Å². The van der Waals surface area contributed by atoms with Gasteiger partial charge in [-0.15, -0.1) is 11.8 Å². The number of carboxylic acid groups (broad SMARTS) is 1. The Kier molecular flexibility index (Phi) is 5.84. The quantitative estimate of drug-likeness (QED) is 0.737. The lowest BCUT2D eigenvalue weighted by atomic mass is 10.1. The van der Waals surface area contributed by atoms with Gasteiger partial charge in [0.05, 0.1) is 10.9 Å². The third-order valence-corrected chi connectivity index (χ3v) is 5.20. The smallest absolute Gasteiger partial charge is 0.327 e. The number of thioether (sulfide) groups is 1. The van der Waals surface area contributed by atoms with Crippen molar-refractivity contribution in [2.24, 2.45) is 0 Å². The number of aliphatic carboxylic acids is 1. The topological polar surface area (TPSA) is 104 Å². The standard InChI is InChI=1S/C17H20N2O5S/c1-9-5-4-6-10(2)15(9)19-14(21)7-13(16(19)22)25-8-12(17(23)24)18-11(3)20/h4-6,12-13H,7-8H2,1-3H3,(H,18,20)(H,23,24)/t12-,13+/m0/s1. The molecule has 25 heavy (non-hydrogen) atoms. The Bertz CT molecular complexity index is 713. The maximum atomic E-state index is 12.7. The molecule has 2 rings (SSSR count). The molecule has 0 aliphatic carbocycles. The lowest BCUT2D eigenvalue weighted by Gasteiger charge is -2.20. The van der Waals surface area contributed by atoms with E-state index in [2.05, 4.69) is 5.32 Å². The summed E-state index contributed by atoms with van der Waals surface area (Å²) in [6.45, 7) is 4.90. The molecule has 0 unspecified atom stereocenters. The zero-order valence-corrected chi connectivity index (χ0v) is 15.1. The number of rotatable bonds is 6. The second-order valence-corrected chi connectivity index (χ2v) is 7.16. The SMILES string of the molecule is CC(=O)N[C@@H](CS[C@@H]1CC(=O)N(c2c(C)cccc2C)C1=O)C(=O)O. The first-order chi connectivity index (χ1) is 11.7. The number of carboxylic acids is 1. The molecule has 0 spiro atoms. The number of amides is 3. The van der Waals surface area contributed by atoms with Gasteiger partial charge in [-0.1, -0.05) is 18.2 Å². The number of nitrogens with zero attached hydrogens (tertiary/aromatic N) is 1. The van der Waals surface area contributed by atoms with Crippen molar-refractivity contribution in [3.63, 3.8) is 0 Å². The minimum Gasteiger partial charge on any atom is -0.480 e. The van der Waals surface area contributed by atoms with Crippen LogP contribution < -0.4 is 10.2 Å². The van der Waals surface area contributed by atoms with Crippen LogP contribution in [0, 0.1) is 13.8 Å². The maximum Gasteiger partial charge on any atom is 0.327 e. The van der Waals surface area contributed by atoms with Crippen LogP contribution in [0.2, 0.25) is 0 Å². The van der Waals surface area contributed by atoms with E-state index in [-0.39, 0.29) is 24.0 Å². The zero-order chi connectivity index (χ0) is 18.7. The average Bonchev–Trinajstić information content (AvgIpc) is 2.78. The normalized spacial score (nSPS) is 18.4. The number of carbonyl (C=O) groups is 4. The van der Waals surface area contributed by atoms with Crippen molar-refractivity contribution in [2.45, 2.75) is 38.5 Å². The molecule has 1 aliphatic rings. The first kappa shape index (κ1) is 19.0. The van der Waals surface area contributed by atoms with Crippen LogP contribution in [0.4, 0.5) is 5.69 Å². The predicted molar refractivity (Wildman–Crippen MR) is 94.5 cm³/mol. The molecular formula is C17H20N2O5S. The van der Waals surface area contributed by atoms with Gasteiger partial charge in [0.15, 0.2) is 0 Å². The average molecular weight is 364 g/mol. The fourth-order valence-electron chi connectivity index (χ4n) is 2.76. The molecule has 3 amide bonds. The summed E-state index contributed by atoms with van der Waals surface area (Å²) in [5, 5.41) is 10.8. The minimum atomic E-state index is -1.17. The van der Waals surface area contributed by atoms with Crippen molar-refractivity contribution < 1.29 is 24.3 Å². The van der Waals surface area contributed by atoms with Crippen molar-refractivity contribution in [3.05, 3.63) is 29.3 Å². The van der Waals surface area contributed by atoms with Gasteiger partial charge in [0.2, 0.25) is 17.7 Å². The molecule has 0 bridgehead atoms. The number of imide groups is 1. The molecule has 0 radical (unpaired) electrons. The summed E-state index contributed by atoms with van der Waals surface area (Å²) in [6, 6.07) is 4.43. The van der Waals surface area contributed by atoms with Crippen molar-refractivity contribution in [1.29, 1.82) is 0 Å². The number of para-hydroxylation sites is 1. The van der Waals surface area contributed by atoms with Gasteiger partial charge >= 0.3 is 5.97 Å². The Morgan fingerprint density at radius 3 is 2.44 bits per heavy atom. The Hall–Kier alpha value is -2.35. The summed E-state index contributed by atoms with van der Waals surface area (Å²) < 4.78 is 0. The second-order valence-electron chi connectivity index (χ2n) is 5.93. The molecule has 134 valence electrons. The summed E-state index contributed by atoms with van der Waals surface area (Å²) >= 11 is 1.08. The second kappa shape index (κ2) is 7.69. The number of benzene rings is 1. The number of hydrogen-bond acceptors (Lipinski definition) is 5. The van der Waals surface area contributed by atoms with Gasteiger partial charge in [0.1, 0.15) is 6.04 Å². The van der Waals surface area contributed by atoms with Gasteiger partial charge in [0, 0.05) is 19.1 Å². The predicted octanol–water partition coefficient (Wildman–Crippen LogP) is 1.26. The Morgan fingerprint density at radius 2 is 1.92 bits per heavy atom. The summed E-state index contributed by atoms with van der Waals surface area (Å²) in [6.07, 6.45) is 0.0175. The summed E-state index contributed by atoms with van der Waals surface area (Å²) in [7, 11) is 0. The van der Waals surface area contributed by atoms with E-state index in [9.17, 15) is 19.2 Å². The molecule has 8 heteroatoms. The lowest BCUT2D eigenvalue weighted by molar-refractivity contribution is -0.140. The fourth-order valence-corrected chi connectivity index (χ4v) is 3.92. The van der Waals surface area contributed by atoms with Crippen LogP contribution in [-0.2, 0) is 19.2 Å². The van der Waals surface area contributed by atoms with E-state index in [4.69, 9.17) is 5.11 Å². The Morgan fingerprint density at radius 1 is 1.32 bits per heavy atom. The lowest BCUT2D eigenvalue weighted by Crippen LogP contribution is -2.42. The highest BCUT2D eigenvalue weighted by Gasteiger charge is 2.41. The molecule has 2 N–H and O–H groups in total. The molecule has 7 nitrogen and oxygen atoms in total. The first-order valence-electron chi connectivity index (χ1n) is 7.77. The van der Waals surface area contributed by atoms with Crippen LogP contribution in [0.5, 0.6) is 0 Å². The van der Waals surface area contributed by atoms with Gasteiger partial charge in [0.25, 0.3) is 0 Å². The molecular weight excluding hydrogens is 344 g/mol.